The molecule has 0 aliphatic carbocycles. The van der Waals surface area contributed by atoms with Gasteiger partial charge in [0, 0.05) is 0 Å². The van der Waals surface area contributed by atoms with Gasteiger partial charge in [0.25, 0.3) is 0 Å². The molecule has 0 radical (unpaired) electrons. The van der Waals surface area contributed by atoms with Crippen LogP contribution in [0.3, 0.4) is 0 Å². The minimum absolute atomic E-state index is 0.0200. The van der Waals surface area contributed by atoms with E-state index in [2.05, 4.69) is 4.74 Å². The molecule has 0 bridgehead atoms. The van der Waals surface area contributed by atoms with Crippen LogP contribution in [0.25, 0.3) is 0 Å². The molecule has 0 heterocycles. The second-order valence-electron chi connectivity index (χ2n) is 1.68. The molecule has 0 atom stereocenters. The first-order valence-corrected chi connectivity index (χ1v) is 4.38. The van der Waals surface area contributed by atoms with Crippen LogP contribution in [0.15, 0.2) is 0 Å². The summed E-state index contributed by atoms with van der Waals surface area (Å²) in [6.07, 6.45) is -0.0200. The van der Waals surface area contributed by atoms with E-state index >= 15 is 0 Å². The van der Waals surface area contributed by atoms with Crippen LogP contribution >= 0.6 is 0 Å². The van der Waals surface area contributed by atoms with Crippen molar-refractivity contribution < 1.29 is 14.3 Å². The Labute approximate surface area is 87.7 Å². The third-order valence-corrected chi connectivity index (χ3v) is 1.25. The molecule has 0 fully saturated rings. The van der Waals surface area contributed by atoms with Gasteiger partial charge in [-0.2, -0.15) is 0 Å². The number of carbonyl (C=O) groups is 2. The predicted molar refractivity (Wildman–Crippen MR) is 32.0 cm³/mol. The van der Waals surface area contributed by atoms with Crippen LogP contribution < -0.4 is 0 Å². The molecule has 0 amide bonds. The van der Waals surface area contributed by atoms with Crippen molar-refractivity contribution in [3.8, 4) is 0 Å². The van der Waals surface area contributed by atoms with Gasteiger partial charge in [-0.15, -0.1) is 0 Å². The summed E-state index contributed by atoms with van der Waals surface area (Å²) >= 11 is 0.111. The summed E-state index contributed by atoms with van der Waals surface area (Å²) < 4.78 is 4.55. The zero-order chi connectivity index (χ0) is 7.28. The van der Waals surface area contributed by atoms with Gasteiger partial charge >= 0.3 is 89.1 Å². The Morgan fingerprint density at radius 2 is 2.11 bits per heavy atom. The number of hydrogen-bond donors (Lipinski definition) is 0. The fourth-order valence-electron chi connectivity index (χ4n) is 0.415. The van der Waals surface area contributed by atoms with E-state index < -0.39 is 5.97 Å². The molecule has 0 aliphatic rings. The Balaban J connectivity index is 3.39. The van der Waals surface area contributed by atoms with Crippen molar-refractivity contribution in [3.05, 3.63) is 0 Å². The van der Waals surface area contributed by atoms with Crippen LogP contribution in [0.2, 0.25) is 0 Å². The van der Waals surface area contributed by atoms with Gasteiger partial charge in [-0.05, 0) is 0 Å². The average molecular weight is 154 g/mol. The molecule has 0 aromatic carbocycles. The predicted octanol–water partition coefficient (Wildman–Crippen LogP) is -0.365. The van der Waals surface area contributed by atoms with E-state index in [9.17, 15) is 9.59 Å². The Kier molecular flexibility index (Phi) is 6.03. The number of ether oxygens (including phenoxy) is 1. The second kappa shape index (κ2) is 5.55. The molecule has 0 saturated carbocycles. The monoisotopic (exact) mass is 154 g/mol. The van der Waals surface area contributed by atoms with E-state index in [1.165, 1.54) is 0 Å². The average Bonchev–Trinajstić information content (AvgIpc) is 1.63. The maximum absolute atomic E-state index is 10.4. The zero-order valence-electron chi connectivity index (χ0n) is 5.64. The molecule has 0 unspecified atom stereocenters. The summed E-state index contributed by atoms with van der Waals surface area (Å²) in [5, 5.41) is 0. The van der Waals surface area contributed by atoms with Gasteiger partial charge in [-0.25, -0.2) is 0 Å². The molecule has 0 N–H and O–H groups in total. The van der Waals surface area contributed by atoms with Crippen molar-refractivity contribution in [3.63, 3.8) is 0 Å². The number of hydrogen-bond acceptors (Lipinski definition) is 3. The molecule has 0 rings (SSSR count). The summed E-state index contributed by atoms with van der Waals surface area (Å²) in [7, 11) is 0. The molecule has 9 heavy (non-hydrogen) atoms. The van der Waals surface area contributed by atoms with Crippen LogP contribution in [-0.2, 0) is 14.3 Å². The van der Waals surface area contributed by atoms with Crippen molar-refractivity contribution in [2.45, 2.75) is 13.3 Å². The minimum atomic E-state index is -0.393. The van der Waals surface area contributed by atoms with Crippen molar-refractivity contribution >= 4 is 54.8 Å². The quantitative estimate of drug-likeness (QED) is 0.316. The van der Waals surface area contributed by atoms with E-state index in [0.717, 1.165) is 0 Å². The van der Waals surface area contributed by atoms with Crippen LogP contribution in [0.1, 0.15) is 13.3 Å². The van der Waals surface area contributed by atoms with E-state index in [4.69, 9.17) is 0 Å². The van der Waals surface area contributed by atoms with E-state index in [1.54, 1.807) is 6.92 Å². The first-order chi connectivity index (χ1) is 4.16. The summed E-state index contributed by atoms with van der Waals surface area (Å²) in [6.45, 7) is 2.08. The molecular weight excluding hydrogens is 147 g/mol. The molecule has 0 aromatic rings. The van der Waals surface area contributed by atoms with Crippen molar-refractivity contribution in [1.29, 1.82) is 0 Å². The second-order valence-corrected chi connectivity index (χ2v) is 3.43. The maximum atomic E-state index is 10.4. The van der Waals surface area contributed by atoms with Crippen LogP contribution in [0.4, 0.5) is 0 Å². The number of rotatable bonds is 3. The molecule has 3 nitrogen and oxygen atoms in total. The van der Waals surface area contributed by atoms with Gasteiger partial charge in [0.1, 0.15) is 0 Å². The fraction of sp³-hybridized carbons (Fsp3) is 0.600. The van der Waals surface area contributed by atoms with Gasteiger partial charge < -0.3 is 0 Å². The molecular formula is C5H7KO3. The van der Waals surface area contributed by atoms with Gasteiger partial charge in [-0.3, -0.25) is 0 Å². The number of esters is 1. The first-order valence-electron chi connectivity index (χ1n) is 2.82. The summed E-state index contributed by atoms with van der Waals surface area (Å²) in [6, 6.07) is 0. The van der Waals surface area contributed by atoms with Crippen LogP contribution in [0, 0.1) is 0 Å². The topological polar surface area (TPSA) is 43.4 Å². The Morgan fingerprint density at radius 1 is 1.56 bits per heavy atom. The van der Waals surface area contributed by atoms with E-state index in [0.29, 0.717) is 6.61 Å². The van der Waals surface area contributed by atoms with Crippen molar-refractivity contribution in [2.75, 3.05) is 6.61 Å². The summed E-state index contributed by atoms with van der Waals surface area (Å²) in [4.78, 5) is 20.8. The fourth-order valence-corrected chi connectivity index (χ4v) is 0.866. The molecule has 0 aromatic heterocycles. The SMILES string of the molecule is CCOC(=O)C[C](=O)[K]. The van der Waals surface area contributed by atoms with Gasteiger partial charge in [0.05, 0.1) is 0 Å². The molecule has 4 heteroatoms. The van der Waals surface area contributed by atoms with Crippen LogP contribution in [-0.4, -0.2) is 61.4 Å². The summed E-state index contributed by atoms with van der Waals surface area (Å²) in [5.74, 6) is -0.393. The number of carbonyl (C=O) groups excluding carboxylic acids is 2. The standard InChI is InChI=1S/C5H7O3.K/c1-2-8-5(7)3-4-6;/h2-3H2,1H3;. The Morgan fingerprint density at radius 3 is 2.44 bits per heavy atom. The molecule has 46 valence electrons. The van der Waals surface area contributed by atoms with E-state index in [-0.39, 0.29) is 55.3 Å². The Hall–Kier alpha value is 0.776. The van der Waals surface area contributed by atoms with Gasteiger partial charge in [-0.1, -0.05) is 0 Å². The molecule has 0 saturated heterocycles. The normalized spacial score (nSPS) is 8.78. The first kappa shape index (κ1) is 9.78. The van der Waals surface area contributed by atoms with Crippen molar-refractivity contribution in [2.24, 2.45) is 0 Å². The Bertz CT molecular complexity index is 121. The van der Waals surface area contributed by atoms with Gasteiger partial charge in [0.2, 0.25) is 0 Å². The summed E-state index contributed by atoms with van der Waals surface area (Å²) in [5.41, 5.74) is 0. The molecule has 0 spiro atoms. The molecule has 0 aliphatic heterocycles. The van der Waals surface area contributed by atoms with Crippen molar-refractivity contribution in [1.82, 2.24) is 0 Å². The zero-order valence-corrected chi connectivity index (χ0v) is 8.76. The van der Waals surface area contributed by atoms with E-state index in [1.807, 2.05) is 0 Å². The van der Waals surface area contributed by atoms with Gasteiger partial charge in [0.15, 0.2) is 0 Å². The third kappa shape index (κ3) is 6.66. The van der Waals surface area contributed by atoms with Crippen LogP contribution in [0.5, 0.6) is 0 Å². The third-order valence-electron chi connectivity index (χ3n) is 0.699.